The van der Waals surface area contributed by atoms with E-state index in [4.69, 9.17) is 4.74 Å². The van der Waals surface area contributed by atoms with Crippen LogP contribution in [0.1, 0.15) is 31.4 Å². The minimum absolute atomic E-state index is 0.147. The van der Waals surface area contributed by atoms with Gasteiger partial charge in [0.15, 0.2) is 0 Å². The van der Waals surface area contributed by atoms with Crippen molar-refractivity contribution in [1.29, 1.82) is 0 Å². The molecule has 5 heteroatoms. The number of ether oxygens (including phenoxy) is 1. The average molecular weight is 345 g/mol. The monoisotopic (exact) mass is 345 g/mol. The van der Waals surface area contributed by atoms with Gasteiger partial charge in [-0.1, -0.05) is 44.2 Å². The van der Waals surface area contributed by atoms with E-state index in [1.165, 1.54) is 6.07 Å². The van der Waals surface area contributed by atoms with Gasteiger partial charge in [-0.15, -0.1) is 0 Å². The van der Waals surface area contributed by atoms with E-state index in [9.17, 15) is 14.3 Å². The molecule has 2 aromatic carbocycles. The van der Waals surface area contributed by atoms with E-state index in [-0.39, 0.29) is 12.4 Å². The maximum absolute atomic E-state index is 13.6. The van der Waals surface area contributed by atoms with Crippen LogP contribution in [0.3, 0.4) is 0 Å². The summed E-state index contributed by atoms with van der Waals surface area (Å²) in [7, 11) is 0. The van der Waals surface area contributed by atoms with E-state index < -0.39 is 12.0 Å². The van der Waals surface area contributed by atoms with Gasteiger partial charge in [-0.3, -0.25) is 4.79 Å². The second kappa shape index (κ2) is 9.18. The van der Waals surface area contributed by atoms with Gasteiger partial charge in [0, 0.05) is 12.1 Å². The van der Waals surface area contributed by atoms with Crippen LogP contribution < -0.4 is 10.1 Å². The summed E-state index contributed by atoms with van der Waals surface area (Å²) in [6.07, 6.45) is 0.568. The van der Waals surface area contributed by atoms with Gasteiger partial charge in [-0.05, 0) is 36.1 Å². The standard InChI is InChI=1S/C20H24FNO3/c1-14(2)10-19(20(23)24)22-12-15-6-5-8-17(11-15)25-13-16-7-3-4-9-18(16)21/h3-9,11,14,19,22H,10,12-13H2,1-2H3,(H,23,24). The van der Waals surface area contributed by atoms with Gasteiger partial charge in [-0.2, -0.15) is 0 Å². The van der Waals surface area contributed by atoms with Crippen LogP contribution in [0.5, 0.6) is 5.75 Å². The molecule has 0 spiro atoms. The fourth-order valence-electron chi connectivity index (χ4n) is 2.51. The number of carboxylic acids is 1. The zero-order valence-corrected chi connectivity index (χ0v) is 14.5. The Kier molecular flexibility index (Phi) is 6.95. The molecule has 0 bridgehead atoms. The SMILES string of the molecule is CC(C)CC(NCc1cccc(OCc2ccccc2F)c1)C(=O)O. The van der Waals surface area contributed by atoms with Gasteiger partial charge in [0.1, 0.15) is 24.2 Å². The molecule has 0 saturated carbocycles. The van der Waals surface area contributed by atoms with Crippen molar-refractivity contribution in [3.8, 4) is 5.75 Å². The largest absolute Gasteiger partial charge is 0.489 e. The summed E-state index contributed by atoms with van der Waals surface area (Å²) in [5.74, 6) is -0.221. The third-order valence-electron chi connectivity index (χ3n) is 3.81. The lowest BCUT2D eigenvalue weighted by Gasteiger charge is -2.17. The van der Waals surface area contributed by atoms with Crippen LogP contribution in [0.15, 0.2) is 48.5 Å². The number of hydrogen-bond acceptors (Lipinski definition) is 3. The highest BCUT2D eigenvalue weighted by Gasteiger charge is 2.17. The van der Waals surface area contributed by atoms with Crippen molar-refractivity contribution in [3.05, 3.63) is 65.5 Å². The Bertz CT molecular complexity index is 703. The van der Waals surface area contributed by atoms with Crippen LogP contribution in [0, 0.1) is 11.7 Å². The predicted octanol–water partition coefficient (Wildman–Crippen LogP) is 3.99. The zero-order valence-electron chi connectivity index (χ0n) is 14.5. The Hall–Kier alpha value is -2.40. The van der Waals surface area contributed by atoms with Crippen molar-refractivity contribution >= 4 is 5.97 Å². The molecule has 0 aliphatic carbocycles. The molecular formula is C20H24FNO3. The van der Waals surface area contributed by atoms with Crippen molar-refractivity contribution in [2.75, 3.05) is 0 Å². The number of halogens is 1. The van der Waals surface area contributed by atoms with Gasteiger partial charge in [0.05, 0.1) is 0 Å². The molecular weight excluding hydrogens is 321 g/mol. The Morgan fingerprint density at radius 3 is 2.64 bits per heavy atom. The van der Waals surface area contributed by atoms with Crippen LogP contribution in [-0.4, -0.2) is 17.1 Å². The summed E-state index contributed by atoms with van der Waals surface area (Å²) in [6, 6.07) is 13.3. The maximum atomic E-state index is 13.6. The molecule has 2 N–H and O–H groups in total. The lowest BCUT2D eigenvalue weighted by Crippen LogP contribution is -2.37. The van der Waals surface area contributed by atoms with Crippen molar-refractivity contribution in [1.82, 2.24) is 5.32 Å². The third kappa shape index (κ3) is 6.19. The van der Waals surface area contributed by atoms with Crippen molar-refractivity contribution in [2.45, 2.75) is 39.5 Å². The van der Waals surface area contributed by atoms with E-state index in [2.05, 4.69) is 5.32 Å². The first-order valence-electron chi connectivity index (χ1n) is 8.37. The molecule has 25 heavy (non-hydrogen) atoms. The van der Waals surface area contributed by atoms with Crippen LogP contribution in [0.25, 0.3) is 0 Å². The molecule has 0 saturated heterocycles. The Balaban J connectivity index is 1.94. The van der Waals surface area contributed by atoms with Crippen LogP contribution in [-0.2, 0) is 17.9 Å². The Morgan fingerprint density at radius 1 is 1.20 bits per heavy atom. The molecule has 1 atom stereocenters. The second-order valence-corrected chi connectivity index (χ2v) is 6.43. The number of hydrogen-bond donors (Lipinski definition) is 2. The van der Waals surface area contributed by atoms with Gasteiger partial charge in [0.25, 0.3) is 0 Å². The van der Waals surface area contributed by atoms with Gasteiger partial charge in [0.2, 0.25) is 0 Å². The molecule has 4 nitrogen and oxygen atoms in total. The molecule has 0 aliphatic rings. The summed E-state index contributed by atoms with van der Waals surface area (Å²) in [5.41, 5.74) is 1.41. The molecule has 0 amide bonds. The molecule has 134 valence electrons. The lowest BCUT2D eigenvalue weighted by atomic mass is 10.0. The summed E-state index contributed by atoms with van der Waals surface area (Å²) in [4.78, 5) is 11.3. The minimum Gasteiger partial charge on any atom is -0.489 e. The maximum Gasteiger partial charge on any atom is 0.320 e. The highest BCUT2D eigenvalue weighted by atomic mass is 19.1. The third-order valence-corrected chi connectivity index (χ3v) is 3.81. The lowest BCUT2D eigenvalue weighted by molar-refractivity contribution is -0.140. The highest BCUT2D eigenvalue weighted by Crippen LogP contribution is 2.17. The van der Waals surface area contributed by atoms with Crippen molar-refractivity contribution < 1.29 is 19.0 Å². The molecule has 0 aliphatic heterocycles. The fraction of sp³-hybridized carbons (Fsp3) is 0.350. The topological polar surface area (TPSA) is 58.6 Å². The average Bonchev–Trinajstić information content (AvgIpc) is 2.58. The highest BCUT2D eigenvalue weighted by molar-refractivity contribution is 5.73. The smallest absolute Gasteiger partial charge is 0.320 e. The number of rotatable bonds is 9. The van der Waals surface area contributed by atoms with Crippen LogP contribution >= 0.6 is 0 Å². The van der Waals surface area contributed by atoms with Gasteiger partial charge < -0.3 is 15.2 Å². The first-order chi connectivity index (χ1) is 12.0. The number of aliphatic carboxylic acids is 1. The van der Waals surface area contributed by atoms with Crippen molar-refractivity contribution in [3.63, 3.8) is 0 Å². The van der Waals surface area contributed by atoms with E-state index in [1.807, 2.05) is 32.0 Å². The number of carboxylic acid groups (broad SMARTS) is 1. The van der Waals surface area contributed by atoms with Crippen LogP contribution in [0.4, 0.5) is 4.39 Å². The normalized spacial score (nSPS) is 12.2. The molecule has 0 aromatic heterocycles. The summed E-state index contributed by atoms with van der Waals surface area (Å²) in [6.45, 7) is 4.57. The molecule has 0 radical (unpaired) electrons. The first kappa shape index (κ1) is 18.9. The van der Waals surface area contributed by atoms with Crippen molar-refractivity contribution in [2.24, 2.45) is 5.92 Å². The summed E-state index contributed by atoms with van der Waals surface area (Å²) >= 11 is 0. The molecule has 2 rings (SSSR count). The van der Waals surface area contributed by atoms with Crippen LogP contribution in [0.2, 0.25) is 0 Å². The first-order valence-corrected chi connectivity index (χ1v) is 8.37. The molecule has 1 unspecified atom stereocenters. The number of benzene rings is 2. The zero-order chi connectivity index (χ0) is 18.2. The molecule has 2 aromatic rings. The summed E-state index contributed by atoms with van der Waals surface area (Å²) in [5, 5.41) is 12.3. The Morgan fingerprint density at radius 2 is 1.96 bits per heavy atom. The number of nitrogens with one attached hydrogen (secondary N) is 1. The minimum atomic E-state index is -0.847. The predicted molar refractivity (Wildman–Crippen MR) is 94.9 cm³/mol. The quantitative estimate of drug-likeness (QED) is 0.721. The number of carbonyl (C=O) groups is 1. The van der Waals surface area contributed by atoms with E-state index in [0.29, 0.717) is 30.2 Å². The molecule has 0 heterocycles. The van der Waals surface area contributed by atoms with E-state index in [1.54, 1.807) is 24.3 Å². The van der Waals surface area contributed by atoms with E-state index in [0.717, 1.165) is 5.56 Å². The fourth-order valence-corrected chi connectivity index (χ4v) is 2.51. The Labute approximate surface area is 147 Å². The van der Waals surface area contributed by atoms with E-state index >= 15 is 0 Å². The molecule has 0 fully saturated rings. The second-order valence-electron chi connectivity index (χ2n) is 6.43. The summed E-state index contributed by atoms with van der Waals surface area (Å²) < 4.78 is 19.3. The van der Waals surface area contributed by atoms with Gasteiger partial charge >= 0.3 is 5.97 Å². The van der Waals surface area contributed by atoms with Gasteiger partial charge in [-0.25, -0.2) is 4.39 Å².